The van der Waals surface area contributed by atoms with Crippen molar-refractivity contribution in [3.63, 3.8) is 0 Å². The number of carbonyl (C=O) groups excluding carboxylic acids is 2. The van der Waals surface area contributed by atoms with Crippen LogP contribution in [0.5, 0.6) is 0 Å². The summed E-state index contributed by atoms with van der Waals surface area (Å²) in [6, 6.07) is 7.15. The number of benzene rings is 1. The van der Waals surface area contributed by atoms with Gasteiger partial charge in [-0.2, -0.15) is 0 Å². The van der Waals surface area contributed by atoms with Crippen molar-refractivity contribution in [3.8, 4) is 0 Å². The van der Waals surface area contributed by atoms with E-state index in [4.69, 9.17) is 5.73 Å². The lowest BCUT2D eigenvalue weighted by molar-refractivity contribution is -0.126. The fourth-order valence-electron chi connectivity index (χ4n) is 1.47. The number of imide groups is 1. The average molecular weight is 220 g/mol. The van der Waals surface area contributed by atoms with Crippen LogP contribution in [0, 0.1) is 6.92 Å². The van der Waals surface area contributed by atoms with Crippen molar-refractivity contribution in [2.24, 2.45) is 5.73 Å². The van der Waals surface area contributed by atoms with Gasteiger partial charge in [-0.15, -0.1) is 0 Å². The predicted molar refractivity (Wildman–Crippen MR) is 62.0 cm³/mol. The molecule has 2 amide bonds. The Hall–Kier alpha value is -1.68. The molecule has 2 N–H and O–H groups in total. The minimum Gasteiger partial charge on any atom is -0.329 e. The van der Waals surface area contributed by atoms with Crippen LogP contribution in [0.4, 0.5) is 0 Å². The molecule has 1 rings (SSSR count). The minimum absolute atomic E-state index is 0.252. The second-order valence-corrected chi connectivity index (χ2v) is 3.63. The SMILES string of the molecule is CC(=O)N(CCN)C(=O)c1cccc(C)c1. The molecular weight excluding hydrogens is 204 g/mol. The van der Waals surface area contributed by atoms with Gasteiger partial charge in [0.15, 0.2) is 0 Å². The number of rotatable bonds is 3. The molecule has 0 aliphatic carbocycles. The van der Waals surface area contributed by atoms with E-state index in [1.54, 1.807) is 18.2 Å². The molecule has 0 aliphatic heterocycles. The topological polar surface area (TPSA) is 63.4 Å². The highest BCUT2D eigenvalue weighted by Gasteiger charge is 2.18. The van der Waals surface area contributed by atoms with Gasteiger partial charge in [0.05, 0.1) is 0 Å². The van der Waals surface area contributed by atoms with Crippen molar-refractivity contribution < 1.29 is 9.59 Å². The maximum Gasteiger partial charge on any atom is 0.260 e. The zero-order valence-electron chi connectivity index (χ0n) is 9.56. The summed E-state index contributed by atoms with van der Waals surface area (Å²) in [5.41, 5.74) is 6.87. The Morgan fingerprint density at radius 1 is 1.38 bits per heavy atom. The predicted octanol–water partition coefficient (Wildman–Crippen LogP) is 0.942. The Morgan fingerprint density at radius 3 is 2.56 bits per heavy atom. The fourth-order valence-corrected chi connectivity index (χ4v) is 1.47. The van der Waals surface area contributed by atoms with E-state index in [1.165, 1.54) is 6.92 Å². The zero-order valence-corrected chi connectivity index (χ0v) is 9.56. The summed E-state index contributed by atoms with van der Waals surface area (Å²) >= 11 is 0. The summed E-state index contributed by atoms with van der Waals surface area (Å²) in [5, 5.41) is 0. The zero-order chi connectivity index (χ0) is 12.1. The van der Waals surface area contributed by atoms with Crippen molar-refractivity contribution in [2.75, 3.05) is 13.1 Å². The Bertz CT molecular complexity index is 402. The monoisotopic (exact) mass is 220 g/mol. The van der Waals surface area contributed by atoms with Gasteiger partial charge in [-0.1, -0.05) is 17.7 Å². The molecule has 4 heteroatoms. The van der Waals surface area contributed by atoms with Crippen LogP contribution in [0.25, 0.3) is 0 Å². The van der Waals surface area contributed by atoms with Gasteiger partial charge < -0.3 is 5.73 Å². The van der Waals surface area contributed by atoms with Crippen molar-refractivity contribution in [2.45, 2.75) is 13.8 Å². The number of aryl methyl sites for hydroxylation is 1. The molecule has 1 aromatic rings. The lowest BCUT2D eigenvalue weighted by Crippen LogP contribution is -2.38. The highest BCUT2D eigenvalue weighted by Crippen LogP contribution is 2.07. The first-order chi connectivity index (χ1) is 7.56. The summed E-state index contributed by atoms with van der Waals surface area (Å²) in [4.78, 5) is 24.4. The van der Waals surface area contributed by atoms with Crippen LogP contribution in [-0.4, -0.2) is 29.8 Å². The molecule has 1 aromatic carbocycles. The molecule has 0 atom stereocenters. The van der Waals surface area contributed by atoms with Gasteiger partial charge in [-0.05, 0) is 19.1 Å². The number of hydrogen-bond donors (Lipinski definition) is 1. The molecule has 0 aromatic heterocycles. The lowest BCUT2D eigenvalue weighted by atomic mass is 10.1. The maximum atomic E-state index is 12.0. The highest BCUT2D eigenvalue weighted by atomic mass is 16.2. The molecule has 0 radical (unpaired) electrons. The molecule has 0 heterocycles. The van der Waals surface area contributed by atoms with Gasteiger partial charge >= 0.3 is 0 Å². The molecule has 86 valence electrons. The third kappa shape index (κ3) is 2.90. The summed E-state index contributed by atoms with van der Waals surface area (Å²) in [5.74, 6) is -0.571. The standard InChI is InChI=1S/C12H16N2O2/c1-9-4-3-5-11(8-9)12(16)14(7-6-13)10(2)15/h3-5,8H,6-7,13H2,1-2H3. The van der Waals surface area contributed by atoms with E-state index in [-0.39, 0.29) is 24.9 Å². The Balaban J connectivity index is 2.94. The number of amides is 2. The smallest absolute Gasteiger partial charge is 0.260 e. The first-order valence-corrected chi connectivity index (χ1v) is 5.15. The van der Waals surface area contributed by atoms with Crippen LogP contribution >= 0.6 is 0 Å². The van der Waals surface area contributed by atoms with Crippen molar-refractivity contribution in [3.05, 3.63) is 35.4 Å². The van der Waals surface area contributed by atoms with Gasteiger partial charge in [0.1, 0.15) is 0 Å². The number of carbonyl (C=O) groups is 2. The van der Waals surface area contributed by atoms with Gasteiger partial charge in [0.2, 0.25) is 5.91 Å². The number of nitrogens with two attached hydrogens (primary N) is 1. The molecule has 0 fully saturated rings. The summed E-state index contributed by atoms with van der Waals surface area (Å²) in [6.07, 6.45) is 0. The van der Waals surface area contributed by atoms with Gasteiger partial charge in [0, 0.05) is 25.6 Å². The number of nitrogens with zero attached hydrogens (tertiary/aromatic N) is 1. The van der Waals surface area contributed by atoms with E-state index in [0.717, 1.165) is 10.5 Å². The Labute approximate surface area is 95.0 Å². The average Bonchev–Trinajstić information content (AvgIpc) is 2.24. The van der Waals surface area contributed by atoms with E-state index in [0.29, 0.717) is 5.56 Å². The van der Waals surface area contributed by atoms with Crippen molar-refractivity contribution >= 4 is 11.8 Å². The maximum absolute atomic E-state index is 12.0. The van der Waals surface area contributed by atoms with Crippen LogP contribution in [0.1, 0.15) is 22.8 Å². The van der Waals surface area contributed by atoms with Crippen molar-refractivity contribution in [1.29, 1.82) is 0 Å². The molecule has 0 saturated carbocycles. The minimum atomic E-state index is -0.290. The quantitative estimate of drug-likeness (QED) is 0.824. The van der Waals surface area contributed by atoms with E-state index in [1.807, 2.05) is 13.0 Å². The molecular formula is C12H16N2O2. The van der Waals surface area contributed by atoms with E-state index >= 15 is 0 Å². The van der Waals surface area contributed by atoms with E-state index in [2.05, 4.69) is 0 Å². The van der Waals surface area contributed by atoms with Gasteiger partial charge in [-0.3, -0.25) is 14.5 Å². The van der Waals surface area contributed by atoms with E-state index in [9.17, 15) is 9.59 Å². The highest BCUT2D eigenvalue weighted by molar-refractivity contribution is 6.04. The molecule has 0 saturated heterocycles. The first kappa shape index (κ1) is 12.4. The Kier molecular flexibility index (Phi) is 4.19. The van der Waals surface area contributed by atoms with Gasteiger partial charge in [-0.25, -0.2) is 0 Å². The first-order valence-electron chi connectivity index (χ1n) is 5.15. The third-order valence-electron chi connectivity index (χ3n) is 2.24. The summed E-state index contributed by atoms with van der Waals surface area (Å²) in [6.45, 7) is 3.79. The summed E-state index contributed by atoms with van der Waals surface area (Å²) in [7, 11) is 0. The normalized spacial score (nSPS) is 9.94. The molecule has 0 bridgehead atoms. The molecule has 0 aliphatic rings. The largest absolute Gasteiger partial charge is 0.329 e. The Morgan fingerprint density at radius 2 is 2.06 bits per heavy atom. The second-order valence-electron chi connectivity index (χ2n) is 3.63. The molecule has 16 heavy (non-hydrogen) atoms. The summed E-state index contributed by atoms with van der Waals surface area (Å²) < 4.78 is 0. The molecule has 0 spiro atoms. The second kappa shape index (κ2) is 5.42. The van der Waals surface area contributed by atoms with Crippen molar-refractivity contribution in [1.82, 2.24) is 4.90 Å². The molecule has 4 nitrogen and oxygen atoms in total. The third-order valence-corrected chi connectivity index (χ3v) is 2.24. The van der Waals surface area contributed by atoms with Gasteiger partial charge in [0.25, 0.3) is 5.91 Å². The van der Waals surface area contributed by atoms with Crippen LogP contribution < -0.4 is 5.73 Å². The van der Waals surface area contributed by atoms with E-state index < -0.39 is 0 Å². The fraction of sp³-hybridized carbons (Fsp3) is 0.333. The molecule has 0 unspecified atom stereocenters. The van der Waals surface area contributed by atoms with Crippen LogP contribution in [0.15, 0.2) is 24.3 Å². The number of hydrogen-bond acceptors (Lipinski definition) is 3. The lowest BCUT2D eigenvalue weighted by Gasteiger charge is -2.18. The van der Waals surface area contributed by atoms with Crippen LogP contribution in [-0.2, 0) is 4.79 Å². The van der Waals surface area contributed by atoms with Crippen LogP contribution in [0.2, 0.25) is 0 Å². The van der Waals surface area contributed by atoms with Crippen LogP contribution in [0.3, 0.4) is 0 Å².